The zero-order valence-corrected chi connectivity index (χ0v) is 17.7. The monoisotopic (exact) mass is 402 g/mol. The van der Waals surface area contributed by atoms with E-state index < -0.39 is 6.16 Å². The zero-order valence-electron chi connectivity index (χ0n) is 17.7. The highest BCUT2D eigenvalue weighted by Gasteiger charge is 2.17. The average Bonchev–Trinajstić information content (AvgIpc) is 2.80. The summed E-state index contributed by atoms with van der Waals surface area (Å²) in [6, 6.07) is 25.8. The number of carbonyl (C=O) groups is 1. The van der Waals surface area contributed by atoms with Crippen LogP contribution in [0.2, 0.25) is 0 Å². The van der Waals surface area contributed by atoms with Crippen molar-refractivity contribution in [1.82, 2.24) is 0 Å². The van der Waals surface area contributed by atoms with E-state index in [1.807, 2.05) is 78.9 Å². The molecule has 3 heteroatoms. The van der Waals surface area contributed by atoms with Gasteiger partial charge in [0.05, 0.1) is 6.61 Å². The summed E-state index contributed by atoms with van der Waals surface area (Å²) in [4.78, 5) is 12.5. The molecule has 0 unspecified atom stereocenters. The lowest BCUT2D eigenvalue weighted by molar-refractivity contribution is 0.0976. The second-order valence-corrected chi connectivity index (χ2v) is 7.38. The molecule has 0 saturated heterocycles. The Morgan fingerprint density at radius 2 is 1.20 bits per heavy atom. The van der Waals surface area contributed by atoms with Crippen molar-refractivity contribution in [3.63, 3.8) is 0 Å². The highest BCUT2D eigenvalue weighted by molar-refractivity contribution is 5.85. The molecule has 0 fully saturated rings. The summed E-state index contributed by atoms with van der Waals surface area (Å²) in [6.07, 6.45) is 6.21. The largest absolute Gasteiger partial charge is 0.513 e. The first-order valence-corrected chi connectivity index (χ1v) is 10.9. The summed E-state index contributed by atoms with van der Waals surface area (Å²) >= 11 is 0. The number of hydrogen-bond acceptors (Lipinski definition) is 3. The second kappa shape index (κ2) is 11.8. The molecule has 30 heavy (non-hydrogen) atoms. The molecule has 0 radical (unpaired) electrons. The van der Waals surface area contributed by atoms with Crippen LogP contribution < -0.4 is 4.74 Å². The smallest absolute Gasteiger partial charge is 0.434 e. The molecule has 3 aromatic carbocycles. The maximum atomic E-state index is 12.5. The third-order valence-electron chi connectivity index (χ3n) is 5.09. The Hall–Kier alpha value is -3.07. The fourth-order valence-corrected chi connectivity index (χ4v) is 3.49. The molecule has 0 saturated carbocycles. The van der Waals surface area contributed by atoms with Gasteiger partial charge in [0.2, 0.25) is 0 Å². The lowest BCUT2D eigenvalue weighted by Gasteiger charge is -2.15. The Labute approximate surface area is 179 Å². The van der Waals surface area contributed by atoms with E-state index >= 15 is 0 Å². The van der Waals surface area contributed by atoms with E-state index in [0.717, 1.165) is 35.1 Å². The average molecular weight is 403 g/mol. The SMILES string of the molecule is CCCCCCCCOC(=O)Oc1c(-c2ccccc2)cccc1-c1ccccc1. The molecule has 0 aromatic heterocycles. The molecule has 0 bridgehead atoms. The number of carbonyl (C=O) groups excluding carboxylic acids is 1. The second-order valence-electron chi connectivity index (χ2n) is 7.38. The minimum atomic E-state index is -0.649. The van der Waals surface area contributed by atoms with Gasteiger partial charge in [-0.25, -0.2) is 4.79 Å². The lowest BCUT2D eigenvalue weighted by atomic mass is 9.97. The van der Waals surface area contributed by atoms with Crippen molar-refractivity contribution < 1.29 is 14.3 Å². The molecular formula is C27H30O3. The van der Waals surface area contributed by atoms with Crippen LogP contribution >= 0.6 is 0 Å². The van der Waals surface area contributed by atoms with Crippen molar-refractivity contribution in [2.24, 2.45) is 0 Å². The number of para-hydroxylation sites is 1. The number of benzene rings is 3. The van der Waals surface area contributed by atoms with Crippen LogP contribution in [0.5, 0.6) is 5.75 Å². The van der Waals surface area contributed by atoms with E-state index in [1.165, 1.54) is 25.7 Å². The van der Waals surface area contributed by atoms with Gasteiger partial charge in [-0.2, -0.15) is 0 Å². The molecule has 3 rings (SSSR count). The molecular weight excluding hydrogens is 372 g/mol. The molecule has 0 amide bonds. The summed E-state index contributed by atoms with van der Waals surface area (Å²) in [5.41, 5.74) is 3.73. The Bertz CT molecular complexity index is 846. The molecule has 3 nitrogen and oxygen atoms in total. The molecule has 0 aliphatic rings. The summed E-state index contributed by atoms with van der Waals surface area (Å²) in [5.74, 6) is 0.530. The van der Waals surface area contributed by atoms with Crippen LogP contribution in [-0.2, 0) is 4.74 Å². The number of ether oxygens (including phenoxy) is 2. The summed E-state index contributed by atoms with van der Waals surface area (Å²) in [6.45, 7) is 2.59. The van der Waals surface area contributed by atoms with Crippen LogP contribution in [0.15, 0.2) is 78.9 Å². The van der Waals surface area contributed by atoms with Gasteiger partial charge in [0, 0.05) is 11.1 Å². The summed E-state index contributed by atoms with van der Waals surface area (Å²) < 4.78 is 11.1. The van der Waals surface area contributed by atoms with Gasteiger partial charge in [-0.15, -0.1) is 0 Å². The minimum Gasteiger partial charge on any atom is -0.434 e. The molecule has 3 aromatic rings. The van der Waals surface area contributed by atoms with E-state index in [0.29, 0.717) is 12.4 Å². The van der Waals surface area contributed by atoms with Gasteiger partial charge < -0.3 is 9.47 Å². The quantitative estimate of drug-likeness (QED) is 0.196. The first-order chi connectivity index (χ1) is 14.8. The predicted octanol–water partition coefficient (Wildman–Crippen LogP) is 7.90. The van der Waals surface area contributed by atoms with Gasteiger partial charge >= 0.3 is 6.16 Å². The topological polar surface area (TPSA) is 35.5 Å². The van der Waals surface area contributed by atoms with Gasteiger partial charge in [0.15, 0.2) is 0 Å². The van der Waals surface area contributed by atoms with Gasteiger partial charge in [-0.05, 0) is 17.5 Å². The highest BCUT2D eigenvalue weighted by Crippen LogP contribution is 2.39. The fourth-order valence-electron chi connectivity index (χ4n) is 3.49. The number of unbranched alkanes of at least 4 members (excludes halogenated alkanes) is 5. The summed E-state index contributed by atoms with van der Waals surface area (Å²) in [7, 11) is 0. The van der Waals surface area contributed by atoms with Crippen molar-refractivity contribution in [2.45, 2.75) is 45.4 Å². The number of rotatable bonds is 10. The van der Waals surface area contributed by atoms with Gasteiger partial charge in [0.25, 0.3) is 0 Å². The van der Waals surface area contributed by atoms with Gasteiger partial charge in [-0.1, -0.05) is 118 Å². The van der Waals surface area contributed by atoms with E-state index in [-0.39, 0.29) is 0 Å². The van der Waals surface area contributed by atoms with E-state index in [9.17, 15) is 4.79 Å². The number of hydrogen-bond donors (Lipinski definition) is 0. The zero-order chi connectivity index (χ0) is 21.0. The van der Waals surface area contributed by atoms with Crippen LogP contribution in [0.3, 0.4) is 0 Å². The van der Waals surface area contributed by atoms with Crippen LogP contribution in [-0.4, -0.2) is 12.8 Å². The highest BCUT2D eigenvalue weighted by atomic mass is 16.7. The molecule has 0 spiro atoms. The van der Waals surface area contributed by atoms with Crippen molar-refractivity contribution >= 4 is 6.16 Å². The molecule has 156 valence electrons. The molecule has 0 aliphatic carbocycles. The van der Waals surface area contributed by atoms with Crippen LogP contribution in [0.4, 0.5) is 4.79 Å². The van der Waals surface area contributed by atoms with Crippen molar-refractivity contribution in [1.29, 1.82) is 0 Å². The Morgan fingerprint density at radius 1 is 0.667 bits per heavy atom. The van der Waals surface area contributed by atoms with Gasteiger partial charge in [-0.3, -0.25) is 0 Å². The summed E-state index contributed by atoms with van der Waals surface area (Å²) in [5, 5.41) is 0. The Morgan fingerprint density at radius 3 is 1.77 bits per heavy atom. The van der Waals surface area contributed by atoms with Crippen LogP contribution in [0.1, 0.15) is 45.4 Å². The Kier molecular flexibility index (Phi) is 8.52. The molecule has 0 heterocycles. The fraction of sp³-hybridized carbons (Fsp3) is 0.296. The van der Waals surface area contributed by atoms with Crippen molar-refractivity contribution in [3.8, 4) is 28.0 Å². The predicted molar refractivity (Wildman–Crippen MR) is 123 cm³/mol. The van der Waals surface area contributed by atoms with E-state index in [4.69, 9.17) is 9.47 Å². The molecule has 0 N–H and O–H groups in total. The van der Waals surface area contributed by atoms with Crippen molar-refractivity contribution in [3.05, 3.63) is 78.9 Å². The van der Waals surface area contributed by atoms with E-state index in [1.54, 1.807) is 0 Å². The maximum Gasteiger partial charge on any atom is 0.513 e. The van der Waals surface area contributed by atoms with Gasteiger partial charge in [0.1, 0.15) is 5.75 Å². The first kappa shape index (κ1) is 21.6. The minimum absolute atomic E-state index is 0.388. The third kappa shape index (κ3) is 6.21. The van der Waals surface area contributed by atoms with Crippen LogP contribution in [0, 0.1) is 0 Å². The van der Waals surface area contributed by atoms with Crippen molar-refractivity contribution in [2.75, 3.05) is 6.61 Å². The lowest BCUT2D eigenvalue weighted by Crippen LogP contribution is -2.12. The molecule has 0 aliphatic heterocycles. The Balaban J connectivity index is 1.74. The van der Waals surface area contributed by atoms with Crippen LogP contribution in [0.25, 0.3) is 22.3 Å². The van der Waals surface area contributed by atoms with E-state index in [2.05, 4.69) is 6.92 Å². The third-order valence-corrected chi connectivity index (χ3v) is 5.09. The standard InChI is InChI=1S/C27H30O3/c1-2-3-4-5-6-13-21-29-27(28)30-26-24(22-15-9-7-10-16-22)19-14-20-25(26)23-17-11-8-12-18-23/h7-12,14-20H,2-6,13,21H2,1H3. The normalized spacial score (nSPS) is 10.6. The first-order valence-electron chi connectivity index (χ1n) is 10.9. The molecule has 0 atom stereocenters. The maximum absolute atomic E-state index is 12.5.